The third-order valence-electron chi connectivity index (χ3n) is 11.8. The number of rotatable bonds is 2. The number of benzene rings is 5. The van der Waals surface area contributed by atoms with E-state index in [9.17, 15) is 0 Å². The molecule has 246 valence electrons. The fourth-order valence-corrected chi connectivity index (χ4v) is 10.7. The van der Waals surface area contributed by atoms with Crippen LogP contribution in [0.25, 0.3) is 43.8 Å². The van der Waals surface area contributed by atoms with Crippen LogP contribution in [0.1, 0.15) is 77.6 Å². The maximum Gasteiger partial charge on any atom is 0.0432 e. The summed E-state index contributed by atoms with van der Waals surface area (Å²) in [6.07, 6.45) is 4.54. The van der Waals surface area contributed by atoms with Gasteiger partial charge < -0.3 is 9.80 Å². The lowest BCUT2D eigenvalue weighted by Gasteiger charge is -2.49. The molecule has 5 aromatic rings. The summed E-state index contributed by atoms with van der Waals surface area (Å²) < 4.78 is 0. The highest BCUT2D eigenvalue weighted by Gasteiger charge is 2.40. The van der Waals surface area contributed by atoms with Gasteiger partial charge in [0.05, 0.1) is 0 Å². The predicted octanol–water partition coefficient (Wildman–Crippen LogP) is 11.3. The van der Waals surface area contributed by atoms with E-state index >= 15 is 0 Å². The zero-order chi connectivity index (χ0) is 33.4. The Hall–Kier alpha value is -3.78. The molecule has 0 saturated heterocycles. The molecule has 2 heteroatoms. The van der Waals surface area contributed by atoms with Crippen LogP contribution in [-0.2, 0) is 25.7 Å². The zero-order valence-corrected chi connectivity index (χ0v) is 30.5. The molecule has 0 saturated carbocycles. The van der Waals surface area contributed by atoms with Gasteiger partial charge in [-0.15, -0.1) is 0 Å². The van der Waals surface area contributed by atoms with Gasteiger partial charge in [-0.1, -0.05) is 104 Å². The van der Waals surface area contributed by atoms with E-state index < -0.39 is 0 Å². The number of nitrogens with zero attached hydrogens (tertiary/aromatic N) is 2. The van der Waals surface area contributed by atoms with Crippen molar-refractivity contribution in [1.82, 2.24) is 0 Å². The minimum absolute atomic E-state index is 0.260. The van der Waals surface area contributed by atoms with E-state index in [0.717, 1.165) is 51.9 Å². The normalized spacial score (nSPS) is 21.2. The summed E-state index contributed by atoms with van der Waals surface area (Å²) in [4.78, 5) is 5.43. The standard InChI is InChI=1S/C46H52N2/c1-43(2)21-31-17-29(18-32-22-44(3,4)26-47(25-43)41(31)32)39-35-13-9-11-15-37(35)40(38-16-12-10-14-36(38)39)30-19-33-23-45(5,6)27-48-28-46(7,8)24-34(20-30)42(33)48/h9-20H,21-28H2,1-8H3. The highest BCUT2D eigenvalue weighted by atomic mass is 15.2. The van der Waals surface area contributed by atoms with Gasteiger partial charge in [-0.2, -0.15) is 0 Å². The van der Waals surface area contributed by atoms with Crippen molar-refractivity contribution in [2.24, 2.45) is 21.7 Å². The highest BCUT2D eigenvalue weighted by Crippen LogP contribution is 2.52. The Morgan fingerprint density at radius 2 is 0.646 bits per heavy atom. The van der Waals surface area contributed by atoms with Gasteiger partial charge in [0.25, 0.3) is 0 Å². The summed E-state index contributed by atoms with van der Waals surface area (Å²) in [5.41, 5.74) is 15.8. The topological polar surface area (TPSA) is 6.48 Å². The third kappa shape index (κ3) is 4.80. The molecule has 0 aliphatic carbocycles. The molecule has 0 bridgehead atoms. The molecule has 0 spiro atoms. The first-order valence-electron chi connectivity index (χ1n) is 18.4. The number of fused-ring (bicyclic) bond motifs is 2. The molecule has 5 aromatic carbocycles. The molecule has 2 nitrogen and oxygen atoms in total. The molecule has 0 N–H and O–H groups in total. The Labute approximate surface area is 288 Å². The van der Waals surface area contributed by atoms with Gasteiger partial charge in [0.15, 0.2) is 0 Å². The molecule has 0 unspecified atom stereocenters. The van der Waals surface area contributed by atoms with Gasteiger partial charge in [-0.05, 0) is 138 Å². The van der Waals surface area contributed by atoms with Gasteiger partial charge in [0.2, 0.25) is 0 Å². The molecular weight excluding hydrogens is 581 g/mol. The van der Waals surface area contributed by atoms with E-state index in [4.69, 9.17) is 0 Å². The average molecular weight is 633 g/mol. The summed E-state index contributed by atoms with van der Waals surface area (Å²) in [7, 11) is 0. The van der Waals surface area contributed by atoms with Crippen LogP contribution < -0.4 is 9.80 Å². The minimum atomic E-state index is 0.260. The molecule has 48 heavy (non-hydrogen) atoms. The lowest BCUT2D eigenvalue weighted by atomic mass is 9.72. The fourth-order valence-electron chi connectivity index (χ4n) is 10.7. The second-order valence-electron chi connectivity index (χ2n) is 19.2. The molecule has 4 aliphatic rings. The average Bonchev–Trinajstić information content (AvgIpc) is 2.96. The zero-order valence-electron chi connectivity index (χ0n) is 30.5. The van der Waals surface area contributed by atoms with Crippen LogP contribution >= 0.6 is 0 Å². The van der Waals surface area contributed by atoms with E-state index in [0.29, 0.717) is 0 Å². The first kappa shape index (κ1) is 30.3. The quantitative estimate of drug-likeness (QED) is 0.179. The van der Waals surface area contributed by atoms with Crippen LogP contribution in [0.3, 0.4) is 0 Å². The SMILES string of the molecule is CC1(C)Cc2cc(-c3c4ccccc4c(-c4cc5c6c(c4)CC(C)(C)CN6CC(C)(C)C5)c4ccccc34)cc3c2N(C1)CC(C)(C)C3. The Kier molecular flexibility index (Phi) is 6.25. The Morgan fingerprint density at radius 1 is 0.396 bits per heavy atom. The smallest absolute Gasteiger partial charge is 0.0432 e. The number of hydrogen-bond donors (Lipinski definition) is 0. The molecule has 9 rings (SSSR count). The second kappa shape index (κ2) is 9.90. The lowest BCUT2D eigenvalue weighted by Crippen LogP contribution is -2.48. The van der Waals surface area contributed by atoms with Crippen molar-refractivity contribution in [2.75, 3.05) is 36.0 Å². The monoisotopic (exact) mass is 632 g/mol. The van der Waals surface area contributed by atoms with Crippen molar-refractivity contribution in [3.63, 3.8) is 0 Å². The van der Waals surface area contributed by atoms with Crippen molar-refractivity contribution < 1.29 is 0 Å². The van der Waals surface area contributed by atoms with Crippen molar-refractivity contribution in [1.29, 1.82) is 0 Å². The van der Waals surface area contributed by atoms with E-state index in [1.165, 1.54) is 77.4 Å². The van der Waals surface area contributed by atoms with Crippen molar-refractivity contribution in [2.45, 2.75) is 81.1 Å². The molecule has 4 heterocycles. The summed E-state index contributed by atoms with van der Waals surface area (Å²) >= 11 is 0. The first-order chi connectivity index (χ1) is 22.7. The Bertz CT molecular complexity index is 1870. The molecule has 0 amide bonds. The molecule has 0 atom stereocenters. The van der Waals surface area contributed by atoms with Crippen molar-refractivity contribution in [3.05, 3.63) is 95.1 Å². The second-order valence-corrected chi connectivity index (χ2v) is 19.2. The summed E-state index contributed by atoms with van der Waals surface area (Å²) in [5, 5.41) is 5.48. The van der Waals surface area contributed by atoms with Crippen molar-refractivity contribution >= 4 is 32.9 Å². The van der Waals surface area contributed by atoms with Gasteiger partial charge >= 0.3 is 0 Å². The third-order valence-corrected chi connectivity index (χ3v) is 11.8. The number of hydrogen-bond acceptors (Lipinski definition) is 2. The molecule has 0 aromatic heterocycles. The van der Waals surface area contributed by atoms with Crippen LogP contribution in [0.15, 0.2) is 72.8 Å². The Balaban J connectivity index is 1.32. The predicted molar refractivity (Wildman–Crippen MR) is 207 cm³/mol. The van der Waals surface area contributed by atoms with Crippen LogP contribution in [0.4, 0.5) is 11.4 Å². The van der Waals surface area contributed by atoms with Crippen molar-refractivity contribution in [3.8, 4) is 22.3 Å². The van der Waals surface area contributed by atoms with Gasteiger partial charge in [0, 0.05) is 37.6 Å². The molecule has 0 fully saturated rings. The van der Waals surface area contributed by atoms with Crippen LogP contribution in [0.5, 0.6) is 0 Å². The van der Waals surface area contributed by atoms with Crippen LogP contribution in [0, 0.1) is 21.7 Å². The van der Waals surface area contributed by atoms with Gasteiger partial charge in [-0.25, -0.2) is 0 Å². The Morgan fingerprint density at radius 3 is 0.896 bits per heavy atom. The minimum Gasteiger partial charge on any atom is -0.370 e. The maximum atomic E-state index is 2.72. The van der Waals surface area contributed by atoms with E-state index in [1.54, 1.807) is 0 Å². The first-order valence-corrected chi connectivity index (χ1v) is 18.4. The fraction of sp³-hybridized carbons (Fsp3) is 0.435. The maximum absolute atomic E-state index is 2.72. The molecular formula is C46H52N2. The number of anilines is 2. The summed E-state index contributed by atoms with van der Waals surface area (Å²) in [6, 6.07) is 28.8. The summed E-state index contributed by atoms with van der Waals surface area (Å²) in [6.45, 7) is 24.2. The van der Waals surface area contributed by atoms with Gasteiger partial charge in [-0.3, -0.25) is 0 Å². The van der Waals surface area contributed by atoms with E-state index in [2.05, 4.69) is 138 Å². The van der Waals surface area contributed by atoms with Crippen LogP contribution in [0.2, 0.25) is 0 Å². The molecule has 4 aliphatic heterocycles. The largest absolute Gasteiger partial charge is 0.370 e. The molecule has 0 radical (unpaired) electrons. The highest BCUT2D eigenvalue weighted by molar-refractivity contribution is 6.21. The van der Waals surface area contributed by atoms with Crippen LogP contribution in [-0.4, -0.2) is 26.2 Å². The summed E-state index contributed by atoms with van der Waals surface area (Å²) in [5.74, 6) is 0. The van der Waals surface area contributed by atoms with E-state index in [1.807, 2.05) is 0 Å². The van der Waals surface area contributed by atoms with E-state index in [-0.39, 0.29) is 21.7 Å². The van der Waals surface area contributed by atoms with Gasteiger partial charge in [0.1, 0.15) is 0 Å². The lowest BCUT2D eigenvalue weighted by molar-refractivity contribution is 0.289.